The second kappa shape index (κ2) is 11.0. The minimum absolute atomic E-state index is 0.0410. The summed E-state index contributed by atoms with van der Waals surface area (Å²) in [4.78, 5) is 24.7. The summed E-state index contributed by atoms with van der Waals surface area (Å²) in [6.07, 6.45) is 2.46. The number of carbonyl (C=O) groups is 1. The van der Waals surface area contributed by atoms with Crippen LogP contribution in [0, 0.1) is 6.92 Å². The zero-order valence-electron chi connectivity index (χ0n) is 20.8. The lowest BCUT2D eigenvalue weighted by atomic mass is 10.1. The number of aryl methyl sites for hydroxylation is 1. The van der Waals surface area contributed by atoms with Crippen molar-refractivity contribution in [2.75, 3.05) is 26.1 Å². The number of aromatic nitrogens is 2. The van der Waals surface area contributed by atoms with Gasteiger partial charge in [-0.1, -0.05) is 6.07 Å². The summed E-state index contributed by atoms with van der Waals surface area (Å²) in [6, 6.07) is 14.9. The van der Waals surface area contributed by atoms with E-state index >= 15 is 0 Å². The topological polar surface area (TPSA) is 96.8 Å². The van der Waals surface area contributed by atoms with E-state index in [1.807, 2.05) is 43.3 Å². The van der Waals surface area contributed by atoms with Crippen LogP contribution in [0.5, 0.6) is 17.2 Å². The third kappa shape index (κ3) is 5.66. The van der Waals surface area contributed by atoms with Crippen molar-refractivity contribution in [3.63, 3.8) is 0 Å². The Hall–Kier alpha value is -3.34. The van der Waals surface area contributed by atoms with E-state index in [1.165, 1.54) is 14.2 Å². The van der Waals surface area contributed by atoms with Gasteiger partial charge in [-0.25, -0.2) is 9.97 Å². The molecule has 0 saturated carbocycles. The molecule has 8 nitrogen and oxygen atoms in total. The van der Waals surface area contributed by atoms with Crippen molar-refractivity contribution in [2.24, 2.45) is 0 Å². The lowest BCUT2D eigenvalue weighted by Gasteiger charge is -2.24. The molecule has 1 aliphatic rings. The van der Waals surface area contributed by atoms with Crippen LogP contribution in [0.1, 0.15) is 17.0 Å². The number of nitrogens with zero attached hydrogens (tertiary/aromatic N) is 3. The summed E-state index contributed by atoms with van der Waals surface area (Å²) < 4.78 is 11.8. The molecule has 3 heterocycles. The van der Waals surface area contributed by atoms with Gasteiger partial charge >= 0.3 is 0 Å². The molecule has 10 heteroatoms. The van der Waals surface area contributed by atoms with Gasteiger partial charge in [0, 0.05) is 30.2 Å². The van der Waals surface area contributed by atoms with Gasteiger partial charge < -0.3 is 19.9 Å². The normalized spacial score (nSPS) is 17.7. The van der Waals surface area contributed by atoms with Crippen molar-refractivity contribution in [2.45, 2.75) is 36.2 Å². The van der Waals surface area contributed by atoms with Crippen molar-refractivity contribution in [3.8, 4) is 17.2 Å². The van der Waals surface area contributed by atoms with Crippen molar-refractivity contribution in [3.05, 3.63) is 65.3 Å². The monoisotopic (exact) mass is 536 g/mol. The van der Waals surface area contributed by atoms with Gasteiger partial charge in [0.05, 0.1) is 40.5 Å². The van der Waals surface area contributed by atoms with E-state index in [9.17, 15) is 9.90 Å². The second-order valence-electron chi connectivity index (χ2n) is 8.84. The molecule has 1 fully saturated rings. The number of pyridine rings is 1. The summed E-state index contributed by atoms with van der Waals surface area (Å²) in [7, 11) is 3.01. The molecule has 5 rings (SSSR count). The first-order chi connectivity index (χ1) is 17.9. The highest BCUT2D eigenvalue weighted by Gasteiger charge is 2.37. The van der Waals surface area contributed by atoms with Gasteiger partial charge in [-0.05, 0) is 61.4 Å². The van der Waals surface area contributed by atoms with Crippen LogP contribution in [-0.2, 0) is 11.3 Å². The molecule has 192 valence electrons. The fourth-order valence-electron chi connectivity index (χ4n) is 4.60. The zero-order chi connectivity index (χ0) is 25.9. The number of fused-ring (bicyclic) bond motifs is 1. The number of phenolic OH excluding ortho intramolecular Hbond substituents is 1. The van der Waals surface area contributed by atoms with E-state index in [1.54, 1.807) is 41.4 Å². The highest BCUT2D eigenvalue weighted by Crippen LogP contribution is 2.39. The first-order valence-electron chi connectivity index (χ1n) is 11.9. The number of ether oxygens (including phenoxy) is 2. The summed E-state index contributed by atoms with van der Waals surface area (Å²) >= 11 is 3.32. The number of anilines is 1. The zero-order valence-corrected chi connectivity index (χ0v) is 22.4. The molecule has 0 radical (unpaired) electrons. The van der Waals surface area contributed by atoms with Crippen LogP contribution in [0.15, 0.2) is 59.8 Å². The van der Waals surface area contributed by atoms with E-state index in [2.05, 4.69) is 20.2 Å². The number of methoxy groups -OCH3 is 2. The van der Waals surface area contributed by atoms with Gasteiger partial charge in [0.25, 0.3) is 0 Å². The van der Waals surface area contributed by atoms with Gasteiger partial charge in [-0.15, -0.1) is 23.1 Å². The van der Waals surface area contributed by atoms with Crippen LogP contribution in [0.25, 0.3) is 10.2 Å². The summed E-state index contributed by atoms with van der Waals surface area (Å²) in [5.41, 5.74) is 2.50. The highest BCUT2D eigenvalue weighted by molar-refractivity contribution is 7.99. The van der Waals surface area contributed by atoms with Crippen molar-refractivity contribution >= 4 is 44.9 Å². The molecule has 0 unspecified atom stereocenters. The standard InChI is InChI=1S/C27H28N4O4S2/c1-16-29-20-12-18(7-8-24(20)36-16)30-27(33)21-13-19(37-25-6-4-5-9-28-25)15-31(21)14-17-10-22(34-2)26(32)23(11-17)35-3/h4-12,19,21,32H,13-15H2,1-3H3,(H,30,33)/t19-,21+/m1/s1. The van der Waals surface area contributed by atoms with Crippen molar-refractivity contribution in [1.82, 2.24) is 14.9 Å². The summed E-state index contributed by atoms with van der Waals surface area (Å²) in [5, 5.41) is 15.5. The van der Waals surface area contributed by atoms with Crippen molar-refractivity contribution < 1.29 is 19.4 Å². The van der Waals surface area contributed by atoms with Gasteiger partial charge in [-0.3, -0.25) is 9.69 Å². The van der Waals surface area contributed by atoms with Crippen LogP contribution in [-0.4, -0.2) is 57.9 Å². The molecule has 1 saturated heterocycles. The van der Waals surface area contributed by atoms with Crippen LogP contribution in [0.4, 0.5) is 5.69 Å². The van der Waals surface area contributed by atoms with Crippen molar-refractivity contribution in [1.29, 1.82) is 0 Å². The minimum Gasteiger partial charge on any atom is -0.502 e. The molecule has 1 amide bonds. The van der Waals surface area contributed by atoms with E-state index in [0.29, 0.717) is 31.0 Å². The number of likely N-dealkylation sites (tertiary alicyclic amines) is 1. The number of phenols is 1. The molecule has 0 spiro atoms. The van der Waals surface area contributed by atoms with E-state index in [0.717, 1.165) is 31.5 Å². The number of hydrogen-bond acceptors (Lipinski definition) is 9. The third-order valence-corrected chi connectivity index (χ3v) is 8.39. The molecule has 0 aliphatic carbocycles. The minimum atomic E-state index is -0.347. The number of aromatic hydroxyl groups is 1. The molecular weight excluding hydrogens is 508 g/mol. The quantitative estimate of drug-likeness (QED) is 0.321. The Bertz CT molecular complexity index is 1390. The number of thioether (sulfide) groups is 1. The van der Waals surface area contributed by atoms with E-state index in [-0.39, 0.29) is 22.9 Å². The van der Waals surface area contributed by atoms with Crippen LogP contribution in [0.3, 0.4) is 0 Å². The summed E-state index contributed by atoms with van der Waals surface area (Å²) in [5.74, 6) is 0.565. The Labute approximate surface area is 223 Å². The maximum Gasteiger partial charge on any atom is 0.241 e. The van der Waals surface area contributed by atoms with Crippen LogP contribution < -0.4 is 14.8 Å². The molecule has 1 aliphatic heterocycles. The van der Waals surface area contributed by atoms with E-state index < -0.39 is 0 Å². The Morgan fingerprint density at radius 3 is 2.68 bits per heavy atom. The molecular formula is C27H28N4O4S2. The molecule has 2 atom stereocenters. The Kier molecular flexibility index (Phi) is 7.50. The number of amides is 1. The SMILES string of the molecule is COc1cc(CN2C[C@H](Sc3ccccn3)C[C@H]2C(=O)Nc2ccc3sc(C)nc3c2)cc(OC)c1O. The third-order valence-electron chi connectivity index (χ3n) is 6.28. The maximum atomic E-state index is 13.6. The number of nitrogens with one attached hydrogen (secondary N) is 1. The predicted molar refractivity (Wildman–Crippen MR) is 147 cm³/mol. The number of rotatable bonds is 8. The molecule has 2 aromatic heterocycles. The Morgan fingerprint density at radius 2 is 1.97 bits per heavy atom. The number of thiazole rings is 1. The fraction of sp³-hybridized carbons (Fsp3) is 0.296. The fourth-order valence-corrected chi connectivity index (χ4v) is 6.57. The molecule has 2 aromatic carbocycles. The molecule has 2 N–H and O–H groups in total. The first kappa shape index (κ1) is 25.3. The summed E-state index contributed by atoms with van der Waals surface area (Å²) in [6.45, 7) is 3.18. The van der Waals surface area contributed by atoms with Crippen LogP contribution >= 0.6 is 23.1 Å². The number of hydrogen-bond donors (Lipinski definition) is 2. The van der Waals surface area contributed by atoms with Crippen LogP contribution in [0.2, 0.25) is 0 Å². The average molecular weight is 537 g/mol. The lowest BCUT2D eigenvalue weighted by Crippen LogP contribution is -2.39. The lowest BCUT2D eigenvalue weighted by molar-refractivity contribution is -0.120. The predicted octanol–water partition coefficient (Wildman–Crippen LogP) is 5.10. The van der Waals surface area contributed by atoms with E-state index in [4.69, 9.17) is 9.47 Å². The smallest absolute Gasteiger partial charge is 0.241 e. The largest absolute Gasteiger partial charge is 0.502 e. The second-order valence-corrected chi connectivity index (χ2v) is 11.4. The number of carbonyl (C=O) groups excluding carboxylic acids is 1. The molecule has 4 aromatic rings. The Morgan fingerprint density at radius 1 is 1.19 bits per heavy atom. The molecule has 0 bridgehead atoms. The highest BCUT2D eigenvalue weighted by atomic mass is 32.2. The molecule has 37 heavy (non-hydrogen) atoms. The van der Waals surface area contributed by atoms with Gasteiger partial charge in [0.15, 0.2) is 11.5 Å². The first-order valence-corrected chi connectivity index (χ1v) is 13.6. The maximum absolute atomic E-state index is 13.6. The average Bonchev–Trinajstić information content (AvgIpc) is 3.47. The van der Waals surface area contributed by atoms with Gasteiger partial charge in [0.2, 0.25) is 11.7 Å². The number of benzene rings is 2. The Balaban J connectivity index is 1.39. The van der Waals surface area contributed by atoms with Gasteiger partial charge in [-0.2, -0.15) is 0 Å². The van der Waals surface area contributed by atoms with Gasteiger partial charge in [0.1, 0.15) is 0 Å².